The Labute approximate surface area is 268 Å². The average molecular weight is 621 g/mol. The van der Waals surface area contributed by atoms with E-state index in [0.717, 1.165) is 49.5 Å². The molecule has 3 N–H and O–H groups in total. The third-order valence-corrected chi connectivity index (χ3v) is 10.3. The number of nitrogens with zero attached hydrogens (tertiary/aromatic N) is 6. The van der Waals surface area contributed by atoms with Crippen molar-refractivity contribution in [1.29, 1.82) is 0 Å². The number of ether oxygens (including phenoxy) is 1. The van der Waals surface area contributed by atoms with Crippen molar-refractivity contribution in [2.45, 2.75) is 96.1 Å². The molecule has 246 valence electrons. The van der Waals surface area contributed by atoms with Crippen LogP contribution in [-0.4, -0.2) is 108 Å². The molecule has 11 heteroatoms. The quantitative estimate of drug-likeness (QED) is 0.360. The highest BCUT2D eigenvalue weighted by Crippen LogP contribution is 2.39. The summed E-state index contributed by atoms with van der Waals surface area (Å²) in [7, 11) is 3.47. The van der Waals surface area contributed by atoms with Crippen LogP contribution in [0.3, 0.4) is 0 Å². The second-order valence-corrected chi connectivity index (χ2v) is 13.7. The first-order valence-electron chi connectivity index (χ1n) is 17.0. The molecular weight excluding hydrogens is 568 g/mol. The van der Waals surface area contributed by atoms with Crippen LogP contribution in [0.1, 0.15) is 76.1 Å². The number of methoxy groups -OCH3 is 1. The number of aromatic nitrogens is 2. The largest absolute Gasteiger partial charge is 0.495 e. The first-order valence-corrected chi connectivity index (χ1v) is 17.0. The molecule has 2 atom stereocenters. The number of nitrogens with one attached hydrogen (secondary N) is 2. The van der Waals surface area contributed by atoms with Gasteiger partial charge < -0.3 is 35.2 Å². The fourth-order valence-corrected chi connectivity index (χ4v) is 7.49. The molecule has 1 amide bonds. The number of carbonyl (C=O) groups is 1. The molecule has 0 bridgehead atoms. The van der Waals surface area contributed by atoms with Gasteiger partial charge in [0.15, 0.2) is 5.82 Å². The molecule has 1 aromatic carbocycles. The fourth-order valence-electron chi connectivity index (χ4n) is 7.49. The Balaban J connectivity index is 1.05. The highest BCUT2D eigenvalue weighted by molar-refractivity contribution is 5.95. The lowest BCUT2D eigenvalue weighted by Gasteiger charge is -2.47. The van der Waals surface area contributed by atoms with E-state index in [2.05, 4.69) is 51.1 Å². The molecule has 6 rings (SSSR count). The third-order valence-electron chi connectivity index (χ3n) is 10.3. The van der Waals surface area contributed by atoms with E-state index < -0.39 is 6.23 Å². The van der Waals surface area contributed by atoms with Crippen LogP contribution in [0.25, 0.3) is 0 Å². The number of aliphatic hydroxyl groups is 1. The van der Waals surface area contributed by atoms with Gasteiger partial charge in [-0.15, -0.1) is 0 Å². The van der Waals surface area contributed by atoms with E-state index in [1.54, 1.807) is 19.4 Å². The van der Waals surface area contributed by atoms with Crippen LogP contribution in [0.15, 0.2) is 24.4 Å². The average Bonchev–Trinajstić information content (AvgIpc) is 3.87. The van der Waals surface area contributed by atoms with Gasteiger partial charge >= 0.3 is 0 Å². The fraction of sp³-hybridized carbons (Fsp3) is 0.676. The highest BCUT2D eigenvalue weighted by atomic mass is 16.5. The van der Waals surface area contributed by atoms with Crippen LogP contribution < -0.4 is 25.2 Å². The van der Waals surface area contributed by atoms with E-state index in [-0.39, 0.29) is 24.0 Å². The van der Waals surface area contributed by atoms with Gasteiger partial charge in [-0.05, 0) is 82.9 Å². The zero-order chi connectivity index (χ0) is 31.7. The second kappa shape index (κ2) is 13.7. The topological polar surface area (TPSA) is 109 Å². The number of aliphatic hydroxyl groups excluding tert-OH is 1. The summed E-state index contributed by atoms with van der Waals surface area (Å²) in [6.07, 6.45) is 9.06. The first-order chi connectivity index (χ1) is 21.7. The number of piperazine rings is 1. The number of anilines is 4. The van der Waals surface area contributed by atoms with Crippen LogP contribution in [0.2, 0.25) is 0 Å². The smallest absolute Gasteiger partial charge is 0.251 e. The molecule has 1 aromatic heterocycles. The van der Waals surface area contributed by atoms with Gasteiger partial charge in [0.1, 0.15) is 17.7 Å². The molecule has 2 aliphatic heterocycles. The number of rotatable bonds is 10. The molecule has 3 heterocycles. The van der Waals surface area contributed by atoms with E-state index in [1.807, 2.05) is 24.1 Å². The Morgan fingerprint density at radius 2 is 1.82 bits per heavy atom. The van der Waals surface area contributed by atoms with E-state index in [1.165, 1.54) is 45.6 Å². The number of hydrogen-bond acceptors (Lipinski definition) is 10. The van der Waals surface area contributed by atoms with E-state index in [0.29, 0.717) is 29.0 Å². The third kappa shape index (κ3) is 7.00. The normalized spacial score (nSPS) is 26.1. The summed E-state index contributed by atoms with van der Waals surface area (Å²) in [4.78, 5) is 32.0. The molecule has 3 fully saturated rings. The van der Waals surface area contributed by atoms with Gasteiger partial charge in [-0.2, -0.15) is 4.98 Å². The Bertz CT molecular complexity index is 1320. The summed E-state index contributed by atoms with van der Waals surface area (Å²) in [6.45, 7) is 12.4. The molecule has 45 heavy (non-hydrogen) atoms. The summed E-state index contributed by atoms with van der Waals surface area (Å²) in [5.74, 6) is 2.66. The lowest BCUT2D eigenvalue weighted by atomic mass is 9.89. The molecular formula is C34H52N8O3. The number of hydrogen-bond donors (Lipinski definition) is 3. The van der Waals surface area contributed by atoms with Gasteiger partial charge in [0.2, 0.25) is 5.95 Å². The molecule has 0 radical (unpaired) electrons. The minimum absolute atomic E-state index is 0.0678. The van der Waals surface area contributed by atoms with Gasteiger partial charge in [0.25, 0.3) is 5.91 Å². The monoisotopic (exact) mass is 620 g/mol. The second-order valence-electron chi connectivity index (χ2n) is 13.7. The number of fused-ring (bicyclic) bond motifs is 1. The van der Waals surface area contributed by atoms with E-state index in [4.69, 9.17) is 9.72 Å². The van der Waals surface area contributed by atoms with E-state index in [9.17, 15) is 9.90 Å². The maximum atomic E-state index is 13.3. The Morgan fingerprint density at radius 3 is 2.47 bits per heavy atom. The van der Waals surface area contributed by atoms with Crippen molar-refractivity contribution in [2.24, 2.45) is 5.92 Å². The summed E-state index contributed by atoms with van der Waals surface area (Å²) in [6, 6.07) is 6.35. The minimum Gasteiger partial charge on any atom is -0.495 e. The maximum Gasteiger partial charge on any atom is 0.251 e. The predicted molar refractivity (Wildman–Crippen MR) is 179 cm³/mol. The lowest BCUT2D eigenvalue weighted by molar-refractivity contribution is 0.0694. The van der Waals surface area contributed by atoms with Crippen LogP contribution >= 0.6 is 0 Å². The summed E-state index contributed by atoms with van der Waals surface area (Å²) in [5.41, 5.74) is 2.04. The zero-order valence-electron chi connectivity index (χ0n) is 27.7. The highest BCUT2D eigenvalue weighted by Gasteiger charge is 2.38. The number of carbonyl (C=O) groups excluding carboxylic acids is 1. The molecule has 0 spiro atoms. The maximum absolute atomic E-state index is 13.3. The Morgan fingerprint density at radius 1 is 1.09 bits per heavy atom. The minimum atomic E-state index is -0.640. The van der Waals surface area contributed by atoms with Gasteiger partial charge in [0.05, 0.1) is 25.0 Å². The zero-order valence-corrected chi connectivity index (χ0v) is 27.7. The van der Waals surface area contributed by atoms with Crippen LogP contribution in [0, 0.1) is 5.92 Å². The molecule has 1 unspecified atom stereocenters. The van der Waals surface area contributed by atoms with Crippen molar-refractivity contribution < 1.29 is 14.6 Å². The Kier molecular flexibility index (Phi) is 9.68. The summed E-state index contributed by atoms with van der Waals surface area (Å²) >= 11 is 0. The number of benzene rings is 1. The lowest BCUT2D eigenvalue weighted by Crippen LogP contribution is -2.57. The predicted octanol–water partition coefficient (Wildman–Crippen LogP) is 4.06. The van der Waals surface area contributed by atoms with Gasteiger partial charge in [-0.1, -0.05) is 6.92 Å². The molecule has 1 saturated heterocycles. The SMILES string of the molecule is CC[C@@H]1C(O)N(C)c2cnc(Nc3ccc(C(=O)N[C@H]4CC[C@H](N5CCN(CC6CC6)CC5)CC4)cc3OC)nc2N1C(C)C. The standard InChI is InChI=1S/C34H52N8O3/c1-6-28-33(44)39(4)29-20-35-34(38-31(29)42(28)22(2)3)37-27-14-9-24(19-30(27)45-5)32(43)36-25-10-12-26(13-11-25)41-17-15-40(16-18-41)21-23-7-8-23/h9,14,19-20,22-23,25-26,28,33,44H,6-8,10-13,15-18,21H2,1-5H3,(H,36,43)(H,35,37,38)/t25-,26-,28-,33?/m1/s1. The molecule has 2 aliphatic carbocycles. The van der Waals surface area contributed by atoms with Gasteiger partial charge in [-0.25, -0.2) is 4.98 Å². The van der Waals surface area contributed by atoms with E-state index >= 15 is 0 Å². The van der Waals surface area contributed by atoms with Crippen LogP contribution in [0.5, 0.6) is 5.75 Å². The van der Waals surface area contributed by atoms with Crippen molar-refractivity contribution >= 4 is 29.0 Å². The van der Waals surface area contributed by atoms with Crippen LogP contribution in [0.4, 0.5) is 23.1 Å². The van der Waals surface area contributed by atoms with Gasteiger partial charge in [-0.3, -0.25) is 9.69 Å². The number of amides is 1. The van der Waals surface area contributed by atoms with Crippen molar-refractivity contribution in [2.75, 3.05) is 62.0 Å². The molecule has 11 nitrogen and oxygen atoms in total. The van der Waals surface area contributed by atoms with Crippen molar-refractivity contribution in [3.63, 3.8) is 0 Å². The molecule has 2 aromatic rings. The van der Waals surface area contributed by atoms with Crippen molar-refractivity contribution in [3.8, 4) is 5.75 Å². The first kappa shape index (κ1) is 31.8. The Hall–Kier alpha value is -3.15. The molecule has 2 saturated carbocycles. The van der Waals surface area contributed by atoms with Gasteiger partial charge in [0, 0.05) is 63.5 Å². The summed E-state index contributed by atoms with van der Waals surface area (Å²) < 4.78 is 5.69. The van der Waals surface area contributed by atoms with Crippen molar-refractivity contribution in [1.82, 2.24) is 25.1 Å². The van der Waals surface area contributed by atoms with Crippen LogP contribution in [-0.2, 0) is 0 Å². The van der Waals surface area contributed by atoms with Crippen molar-refractivity contribution in [3.05, 3.63) is 30.0 Å². The molecule has 4 aliphatic rings. The summed E-state index contributed by atoms with van der Waals surface area (Å²) in [5, 5.41) is 17.5. The number of likely N-dealkylation sites (N-methyl/N-ethyl adjacent to an activating group) is 1.